The molecule has 1 amide bonds. The van der Waals surface area contributed by atoms with Crippen molar-refractivity contribution in [3.8, 4) is 0 Å². The molecule has 0 aromatic heterocycles. The first-order valence-electron chi connectivity index (χ1n) is 7.86. The van der Waals surface area contributed by atoms with Crippen LogP contribution in [0.2, 0.25) is 0 Å². The van der Waals surface area contributed by atoms with Crippen LogP contribution in [0.3, 0.4) is 0 Å². The van der Waals surface area contributed by atoms with Crippen LogP contribution < -0.4 is 5.32 Å². The summed E-state index contributed by atoms with van der Waals surface area (Å²) in [6.07, 6.45) is 0.991. The molecule has 0 bridgehead atoms. The highest BCUT2D eigenvalue weighted by Gasteiger charge is 2.27. The Kier molecular flexibility index (Phi) is 8.53. The average Bonchev–Trinajstić information content (AvgIpc) is 2.53. The minimum atomic E-state index is -4.54. The number of benzene rings is 1. The van der Waals surface area contributed by atoms with Crippen molar-refractivity contribution in [3.63, 3.8) is 0 Å². The maximum Gasteiger partial charge on any atom is 0.327 e. The van der Waals surface area contributed by atoms with Crippen LogP contribution in [0.4, 0.5) is 0 Å². The Balaban J connectivity index is 2.77. The SMILES string of the molecule is CCCCOC(CC(=O)N[C@@H](CS(=O)(=O)O)C(=O)O)c1ccccc1. The van der Waals surface area contributed by atoms with Crippen molar-refractivity contribution in [2.45, 2.75) is 38.3 Å². The molecule has 0 heterocycles. The van der Waals surface area contributed by atoms with Crippen molar-refractivity contribution in [1.82, 2.24) is 5.32 Å². The highest BCUT2D eigenvalue weighted by Crippen LogP contribution is 2.21. The van der Waals surface area contributed by atoms with E-state index in [-0.39, 0.29) is 6.42 Å². The lowest BCUT2D eigenvalue weighted by Gasteiger charge is -2.19. The van der Waals surface area contributed by atoms with E-state index < -0.39 is 39.9 Å². The lowest BCUT2D eigenvalue weighted by atomic mass is 10.1. The van der Waals surface area contributed by atoms with E-state index in [1.807, 2.05) is 13.0 Å². The zero-order valence-electron chi connectivity index (χ0n) is 13.9. The van der Waals surface area contributed by atoms with Crippen LogP contribution in [0, 0.1) is 0 Å². The fraction of sp³-hybridized carbons (Fsp3) is 0.500. The van der Waals surface area contributed by atoms with Crippen LogP contribution in [-0.4, -0.2) is 48.4 Å². The molecule has 0 radical (unpaired) electrons. The topological polar surface area (TPSA) is 130 Å². The molecule has 1 unspecified atom stereocenters. The monoisotopic (exact) mass is 373 g/mol. The number of unbranched alkanes of at least 4 members (excludes halogenated alkanes) is 1. The molecule has 0 saturated heterocycles. The van der Waals surface area contributed by atoms with Gasteiger partial charge in [-0.25, -0.2) is 4.79 Å². The van der Waals surface area contributed by atoms with Gasteiger partial charge >= 0.3 is 5.97 Å². The zero-order valence-corrected chi connectivity index (χ0v) is 14.7. The number of ether oxygens (including phenoxy) is 1. The average molecular weight is 373 g/mol. The van der Waals surface area contributed by atoms with Crippen LogP contribution in [0.25, 0.3) is 0 Å². The Morgan fingerprint density at radius 1 is 1.24 bits per heavy atom. The van der Waals surface area contributed by atoms with Crippen LogP contribution in [0.15, 0.2) is 30.3 Å². The van der Waals surface area contributed by atoms with Crippen molar-refractivity contribution in [2.75, 3.05) is 12.4 Å². The number of carboxylic acid groups (broad SMARTS) is 1. The molecule has 2 atom stereocenters. The van der Waals surface area contributed by atoms with Gasteiger partial charge in [0.05, 0.1) is 12.5 Å². The second-order valence-electron chi connectivity index (χ2n) is 5.53. The van der Waals surface area contributed by atoms with Crippen molar-refractivity contribution < 1.29 is 32.4 Å². The van der Waals surface area contributed by atoms with Crippen molar-refractivity contribution in [2.24, 2.45) is 0 Å². The van der Waals surface area contributed by atoms with Gasteiger partial charge in [-0.05, 0) is 12.0 Å². The summed E-state index contributed by atoms with van der Waals surface area (Å²) in [4.78, 5) is 23.2. The highest BCUT2D eigenvalue weighted by atomic mass is 32.2. The minimum absolute atomic E-state index is 0.164. The molecule has 25 heavy (non-hydrogen) atoms. The number of carbonyl (C=O) groups excluding carboxylic acids is 1. The van der Waals surface area contributed by atoms with Crippen molar-refractivity contribution >= 4 is 22.0 Å². The molecule has 0 fully saturated rings. The molecular formula is C16H23NO7S. The van der Waals surface area contributed by atoms with Gasteiger partial charge in [-0.2, -0.15) is 8.42 Å². The van der Waals surface area contributed by atoms with Crippen LogP contribution in [-0.2, 0) is 24.4 Å². The molecule has 1 rings (SSSR count). The number of carbonyl (C=O) groups is 2. The number of hydrogen-bond donors (Lipinski definition) is 3. The van der Waals surface area contributed by atoms with Crippen molar-refractivity contribution in [3.05, 3.63) is 35.9 Å². The van der Waals surface area contributed by atoms with E-state index in [1.54, 1.807) is 24.3 Å². The standard InChI is InChI=1S/C16H23NO7S/c1-2-3-9-24-14(12-7-5-4-6-8-12)10-15(18)17-13(16(19)20)11-25(21,22)23/h4-8,13-14H,2-3,9-11H2,1H3,(H,17,18)(H,19,20)(H,21,22,23)/t13-,14?/m0/s1. The number of hydrogen-bond acceptors (Lipinski definition) is 5. The zero-order chi connectivity index (χ0) is 18.9. The van der Waals surface area contributed by atoms with Crippen molar-refractivity contribution in [1.29, 1.82) is 0 Å². The van der Waals surface area contributed by atoms with E-state index in [1.165, 1.54) is 0 Å². The van der Waals surface area contributed by atoms with Gasteiger partial charge < -0.3 is 15.2 Å². The van der Waals surface area contributed by atoms with Gasteiger partial charge in [-0.1, -0.05) is 43.7 Å². The van der Waals surface area contributed by atoms with Gasteiger partial charge in [0.1, 0.15) is 11.8 Å². The Morgan fingerprint density at radius 3 is 2.40 bits per heavy atom. The summed E-state index contributed by atoms with van der Waals surface area (Å²) in [5.41, 5.74) is 0.760. The quantitative estimate of drug-likeness (QED) is 0.395. The molecule has 0 spiro atoms. The fourth-order valence-electron chi connectivity index (χ4n) is 2.12. The summed E-state index contributed by atoms with van der Waals surface area (Å²) < 4.78 is 36.2. The molecule has 0 aliphatic heterocycles. The first-order valence-corrected chi connectivity index (χ1v) is 9.47. The van der Waals surface area contributed by atoms with Gasteiger partial charge in [-0.3, -0.25) is 9.35 Å². The van der Waals surface area contributed by atoms with Gasteiger partial charge in [0, 0.05) is 6.61 Å². The van der Waals surface area contributed by atoms with Crippen LogP contribution >= 0.6 is 0 Å². The Labute approximate surface area is 146 Å². The lowest BCUT2D eigenvalue weighted by Crippen LogP contribution is -2.45. The third-order valence-corrected chi connectivity index (χ3v) is 4.12. The van der Waals surface area contributed by atoms with E-state index in [9.17, 15) is 18.0 Å². The molecule has 0 aliphatic rings. The van der Waals surface area contributed by atoms with Gasteiger partial charge in [0.2, 0.25) is 5.91 Å². The van der Waals surface area contributed by atoms with E-state index in [0.29, 0.717) is 6.61 Å². The predicted molar refractivity (Wildman–Crippen MR) is 90.6 cm³/mol. The molecule has 140 valence electrons. The second-order valence-corrected chi connectivity index (χ2v) is 7.03. The second kappa shape index (κ2) is 10.1. The number of amides is 1. The molecule has 1 aromatic carbocycles. The highest BCUT2D eigenvalue weighted by molar-refractivity contribution is 7.85. The maximum absolute atomic E-state index is 12.1. The van der Waals surface area contributed by atoms with Crippen LogP contribution in [0.1, 0.15) is 37.9 Å². The molecule has 3 N–H and O–H groups in total. The number of nitrogens with one attached hydrogen (secondary N) is 1. The van der Waals surface area contributed by atoms with Gasteiger partial charge in [0.25, 0.3) is 10.1 Å². The van der Waals surface area contributed by atoms with Gasteiger partial charge in [0.15, 0.2) is 0 Å². The first kappa shape index (κ1) is 21.1. The van der Waals surface area contributed by atoms with E-state index in [2.05, 4.69) is 5.32 Å². The maximum atomic E-state index is 12.1. The smallest absolute Gasteiger partial charge is 0.327 e. The van der Waals surface area contributed by atoms with E-state index >= 15 is 0 Å². The Bertz CT molecular complexity index is 660. The van der Waals surface area contributed by atoms with E-state index in [4.69, 9.17) is 14.4 Å². The summed E-state index contributed by atoms with van der Waals surface area (Å²) in [5.74, 6) is -3.32. The molecular weight excluding hydrogens is 350 g/mol. The number of rotatable bonds is 11. The number of carboxylic acids is 1. The molecule has 1 aromatic rings. The normalized spacial score (nSPS) is 13.8. The third-order valence-electron chi connectivity index (χ3n) is 3.37. The van der Waals surface area contributed by atoms with E-state index in [0.717, 1.165) is 18.4 Å². The molecule has 0 saturated carbocycles. The summed E-state index contributed by atoms with van der Waals surface area (Å²) in [6, 6.07) is 7.26. The Hall–Kier alpha value is -1.97. The summed E-state index contributed by atoms with van der Waals surface area (Å²) in [7, 11) is -4.54. The summed E-state index contributed by atoms with van der Waals surface area (Å²) >= 11 is 0. The summed E-state index contributed by atoms with van der Waals surface area (Å²) in [6.45, 7) is 2.44. The van der Waals surface area contributed by atoms with Crippen LogP contribution in [0.5, 0.6) is 0 Å². The predicted octanol–water partition coefficient (Wildman–Crippen LogP) is 1.39. The fourth-order valence-corrected chi connectivity index (χ4v) is 2.76. The lowest BCUT2D eigenvalue weighted by molar-refractivity contribution is -0.141. The first-order chi connectivity index (χ1) is 11.7. The number of aliphatic carboxylic acids is 1. The minimum Gasteiger partial charge on any atom is -0.480 e. The molecule has 0 aliphatic carbocycles. The molecule has 8 nitrogen and oxygen atoms in total. The summed E-state index contributed by atoms with van der Waals surface area (Å²) in [5, 5.41) is 11.1. The molecule has 9 heteroatoms. The van der Waals surface area contributed by atoms with Gasteiger partial charge in [-0.15, -0.1) is 0 Å². The Morgan fingerprint density at radius 2 is 1.88 bits per heavy atom. The third kappa shape index (κ3) is 8.62. The largest absolute Gasteiger partial charge is 0.480 e.